The second-order valence-corrected chi connectivity index (χ2v) is 8.29. The number of aliphatic hydroxyl groups is 1. The summed E-state index contributed by atoms with van der Waals surface area (Å²) in [6, 6.07) is 5.67. The van der Waals surface area contributed by atoms with E-state index in [9.17, 15) is 14.7 Å². The number of amides is 1. The largest absolute Gasteiger partial charge is 0.479 e. The summed E-state index contributed by atoms with van der Waals surface area (Å²) in [5, 5.41) is 21.1. The van der Waals surface area contributed by atoms with E-state index in [-0.39, 0.29) is 23.3 Å². The first kappa shape index (κ1) is 18.5. The maximum absolute atomic E-state index is 12.4. The molecule has 0 aromatic heterocycles. The molecule has 1 aliphatic rings. The summed E-state index contributed by atoms with van der Waals surface area (Å²) in [5.74, 6) is -1.74. The topological polar surface area (TPSA) is 86.6 Å². The van der Waals surface area contributed by atoms with Crippen molar-refractivity contribution in [2.45, 2.75) is 63.9 Å². The van der Waals surface area contributed by atoms with Crippen LogP contribution in [0, 0.1) is 0 Å². The minimum Gasteiger partial charge on any atom is -0.479 e. The van der Waals surface area contributed by atoms with Gasteiger partial charge in [0.25, 0.3) is 5.91 Å². The van der Waals surface area contributed by atoms with Crippen LogP contribution in [0.1, 0.15) is 68.9 Å². The standard InChI is InChI=1S/C19H27NO4/c1-17(2)8-9-18(3,4)14-10-12(6-7-13(14)17)15(21)20-11-19(5,24)16(22)23/h6-7,10,24H,8-9,11H2,1-5H3,(H,20,21)(H,22,23). The van der Waals surface area contributed by atoms with Crippen molar-refractivity contribution in [1.82, 2.24) is 5.32 Å². The second kappa shape index (κ2) is 5.88. The van der Waals surface area contributed by atoms with E-state index in [1.807, 2.05) is 12.1 Å². The van der Waals surface area contributed by atoms with E-state index in [1.54, 1.807) is 6.07 Å². The molecule has 24 heavy (non-hydrogen) atoms. The Balaban J connectivity index is 2.28. The molecule has 1 atom stereocenters. The summed E-state index contributed by atoms with van der Waals surface area (Å²) in [7, 11) is 0. The first-order chi connectivity index (χ1) is 10.9. The van der Waals surface area contributed by atoms with Crippen LogP contribution in [0.15, 0.2) is 18.2 Å². The van der Waals surface area contributed by atoms with Crippen LogP contribution in [0.2, 0.25) is 0 Å². The van der Waals surface area contributed by atoms with Gasteiger partial charge in [0.05, 0.1) is 6.54 Å². The number of aliphatic carboxylic acids is 1. The summed E-state index contributed by atoms with van der Waals surface area (Å²) in [4.78, 5) is 23.3. The molecule has 0 spiro atoms. The molecule has 0 fully saturated rings. The third-order valence-electron chi connectivity index (χ3n) is 5.17. The number of hydrogen-bond donors (Lipinski definition) is 3. The summed E-state index contributed by atoms with van der Waals surface area (Å²) in [6.45, 7) is 9.60. The predicted octanol–water partition coefficient (Wildman–Crippen LogP) is 2.60. The van der Waals surface area contributed by atoms with E-state index in [4.69, 9.17) is 5.11 Å². The monoisotopic (exact) mass is 333 g/mol. The average molecular weight is 333 g/mol. The predicted molar refractivity (Wildman–Crippen MR) is 92.3 cm³/mol. The zero-order valence-electron chi connectivity index (χ0n) is 15.1. The van der Waals surface area contributed by atoms with Crippen molar-refractivity contribution in [3.63, 3.8) is 0 Å². The van der Waals surface area contributed by atoms with Crippen molar-refractivity contribution < 1.29 is 19.8 Å². The molecule has 0 heterocycles. The van der Waals surface area contributed by atoms with E-state index in [1.165, 1.54) is 5.56 Å². The van der Waals surface area contributed by atoms with E-state index in [0.29, 0.717) is 5.56 Å². The fraction of sp³-hybridized carbons (Fsp3) is 0.579. The molecule has 5 nitrogen and oxygen atoms in total. The molecule has 132 valence electrons. The zero-order chi connectivity index (χ0) is 18.3. The first-order valence-electron chi connectivity index (χ1n) is 8.26. The lowest BCUT2D eigenvalue weighted by Gasteiger charge is -2.42. The van der Waals surface area contributed by atoms with E-state index in [0.717, 1.165) is 25.3 Å². The van der Waals surface area contributed by atoms with Crippen LogP contribution in [0.3, 0.4) is 0 Å². The smallest absolute Gasteiger partial charge is 0.337 e. The van der Waals surface area contributed by atoms with Crippen LogP contribution < -0.4 is 5.32 Å². The van der Waals surface area contributed by atoms with Gasteiger partial charge in [-0.05, 0) is 53.9 Å². The van der Waals surface area contributed by atoms with Crippen molar-refractivity contribution >= 4 is 11.9 Å². The molecule has 0 aliphatic heterocycles. The molecule has 0 saturated heterocycles. The minimum atomic E-state index is -1.98. The van der Waals surface area contributed by atoms with Crippen LogP contribution in [0.5, 0.6) is 0 Å². The molecule has 1 unspecified atom stereocenters. The summed E-state index contributed by atoms with van der Waals surface area (Å²) in [5.41, 5.74) is 0.996. The van der Waals surface area contributed by atoms with Gasteiger partial charge in [0.1, 0.15) is 0 Å². The zero-order valence-corrected chi connectivity index (χ0v) is 15.1. The number of carbonyl (C=O) groups is 2. The number of carbonyl (C=O) groups excluding carboxylic acids is 1. The molecule has 0 radical (unpaired) electrons. The van der Waals surface area contributed by atoms with Gasteiger partial charge in [0.15, 0.2) is 5.60 Å². The van der Waals surface area contributed by atoms with Crippen molar-refractivity contribution in [2.75, 3.05) is 6.54 Å². The normalized spacial score (nSPS) is 20.6. The third-order valence-corrected chi connectivity index (χ3v) is 5.17. The van der Waals surface area contributed by atoms with Crippen molar-refractivity contribution in [3.05, 3.63) is 34.9 Å². The van der Waals surface area contributed by atoms with E-state index in [2.05, 4.69) is 33.0 Å². The molecule has 1 amide bonds. The van der Waals surface area contributed by atoms with Gasteiger partial charge >= 0.3 is 5.97 Å². The molecule has 0 bridgehead atoms. The highest BCUT2D eigenvalue weighted by molar-refractivity contribution is 5.95. The maximum atomic E-state index is 12.4. The fourth-order valence-corrected chi connectivity index (χ4v) is 3.16. The molecule has 0 saturated carbocycles. The molecule has 1 aliphatic carbocycles. The van der Waals surface area contributed by atoms with Crippen LogP contribution in [-0.4, -0.2) is 34.2 Å². The van der Waals surface area contributed by atoms with Gasteiger partial charge in [0, 0.05) is 5.56 Å². The van der Waals surface area contributed by atoms with Crippen molar-refractivity contribution in [3.8, 4) is 0 Å². The number of rotatable bonds is 4. The Morgan fingerprint density at radius 3 is 2.21 bits per heavy atom. The minimum absolute atomic E-state index is 0.00625. The van der Waals surface area contributed by atoms with Gasteiger partial charge in [-0.25, -0.2) is 4.79 Å². The lowest BCUT2D eigenvalue weighted by molar-refractivity contribution is -0.155. The van der Waals surface area contributed by atoms with Gasteiger partial charge in [-0.2, -0.15) is 0 Å². The summed E-state index contributed by atoms with van der Waals surface area (Å²) >= 11 is 0. The highest BCUT2D eigenvalue weighted by atomic mass is 16.4. The van der Waals surface area contributed by atoms with Gasteiger partial charge < -0.3 is 15.5 Å². The lowest BCUT2D eigenvalue weighted by atomic mass is 9.63. The van der Waals surface area contributed by atoms with Crippen LogP contribution in [0.4, 0.5) is 0 Å². The highest BCUT2D eigenvalue weighted by Crippen LogP contribution is 2.45. The average Bonchev–Trinajstić information content (AvgIpc) is 2.49. The van der Waals surface area contributed by atoms with Crippen LogP contribution in [-0.2, 0) is 15.6 Å². The van der Waals surface area contributed by atoms with Gasteiger partial charge in [-0.3, -0.25) is 4.79 Å². The molecular weight excluding hydrogens is 306 g/mol. The highest BCUT2D eigenvalue weighted by Gasteiger charge is 2.37. The molecule has 5 heteroatoms. The maximum Gasteiger partial charge on any atom is 0.337 e. The Bertz CT molecular complexity index is 674. The van der Waals surface area contributed by atoms with Crippen LogP contribution in [0.25, 0.3) is 0 Å². The van der Waals surface area contributed by atoms with E-state index < -0.39 is 11.6 Å². The third kappa shape index (κ3) is 3.46. The quantitative estimate of drug-likeness (QED) is 0.790. The Hall–Kier alpha value is -1.88. The number of carboxylic acid groups (broad SMARTS) is 1. The van der Waals surface area contributed by atoms with Crippen molar-refractivity contribution in [1.29, 1.82) is 0 Å². The number of hydrogen-bond acceptors (Lipinski definition) is 3. The second-order valence-electron chi connectivity index (χ2n) is 8.29. The molecule has 3 N–H and O–H groups in total. The van der Waals surface area contributed by atoms with Gasteiger partial charge in [-0.15, -0.1) is 0 Å². The Kier molecular flexibility index (Phi) is 4.53. The molecule has 1 aromatic rings. The molecule has 1 aromatic carbocycles. The fourth-order valence-electron chi connectivity index (χ4n) is 3.16. The Morgan fingerprint density at radius 1 is 1.12 bits per heavy atom. The van der Waals surface area contributed by atoms with Crippen LogP contribution >= 0.6 is 0 Å². The Labute approximate surface area is 143 Å². The van der Waals surface area contributed by atoms with Gasteiger partial charge in [-0.1, -0.05) is 33.8 Å². The SMILES string of the molecule is CC(O)(CNC(=O)c1ccc2c(c1)C(C)(C)CCC2(C)C)C(=O)O. The summed E-state index contributed by atoms with van der Waals surface area (Å²) in [6.07, 6.45) is 2.14. The number of carboxylic acids is 1. The van der Waals surface area contributed by atoms with Gasteiger partial charge in [0.2, 0.25) is 0 Å². The van der Waals surface area contributed by atoms with Crippen molar-refractivity contribution in [2.24, 2.45) is 0 Å². The number of nitrogens with one attached hydrogen (secondary N) is 1. The lowest BCUT2D eigenvalue weighted by Crippen LogP contribution is -2.46. The number of benzene rings is 1. The first-order valence-corrected chi connectivity index (χ1v) is 8.26. The molecule has 2 rings (SSSR count). The summed E-state index contributed by atoms with van der Waals surface area (Å²) < 4.78 is 0. The number of fused-ring (bicyclic) bond motifs is 1. The van der Waals surface area contributed by atoms with E-state index >= 15 is 0 Å². The Morgan fingerprint density at radius 2 is 1.67 bits per heavy atom. The molecular formula is C19H27NO4.